The number of carbonyl (C=O) groups excluding carboxylic acids is 1. The van der Waals surface area contributed by atoms with Gasteiger partial charge in [-0.05, 0) is 30.7 Å². The van der Waals surface area contributed by atoms with Crippen molar-refractivity contribution in [3.8, 4) is 5.75 Å². The quantitative estimate of drug-likeness (QED) is 0.434. The molecule has 1 saturated heterocycles. The molecule has 1 aliphatic rings. The van der Waals surface area contributed by atoms with Crippen molar-refractivity contribution in [2.75, 3.05) is 44.5 Å². The van der Waals surface area contributed by atoms with E-state index in [0.717, 1.165) is 13.0 Å². The number of hydrogen-bond acceptors (Lipinski definition) is 7. The van der Waals surface area contributed by atoms with Crippen LogP contribution in [-0.2, 0) is 9.53 Å². The van der Waals surface area contributed by atoms with Crippen LogP contribution in [0.3, 0.4) is 0 Å². The van der Waals surface area contributed by atoms with Crippen molar-refractivity contribution in [1.29, 1.82) is 0 Å². The molecule has 1 aromatic heterocycles. The maximum atomic E-state index is 13.5. The molecule has 178 valence electrons. The van der Waals surface area contributed by atoms with E-state index in [4.69, 9.17) is 21.1 Å². The van der Waals surface area contributed by atoms with Crippen LogP contribution in [0.4, 0.5) is 21.6 Å². The molecular formula is C24H25ClFN5O3. The van der Waals surface area contributed by atoms with Crippen molar-refractivity contribution in [1.82, 2.24) is 14.9 Å². The first-order valence-corrected chi connectivity index (χ1v) is 11.1. The van der Waals surface area contributed by atoms with Gasteiger partial charge in [0, 0.05) is 49.5 Å². The molecule has 1 unspecified atom stereocenters. The van der Waals surface area contributed by atoms with E-state index < -0.39 is 5.82 Å². The molecule has 34 heavy (non-hydrogen) atoms. The molecule has 0 bridgehead atoms. The number of benzene rings is 2. The lowest BCUT2D eigenvalue weighted by Crippen LogP contribution is -2.50. The highest BCUT2D eigenvalue weighted by Crippen LogP contribution is 2.33. The Labute approximate surface area is 201 Å². The Hall–Kier alpha value is -3.27. The summed E-state index contributed by atoms with van der Waals surface area (Å²) in [5.74, 6) is 0.152. The maximum Gasteiger partial charge on any atom is 0.248 e. The maximum absolute atomic E-state index is 13.5. The number of aromatic nitrogens is 2. The van der Waals surface area contributed by atoms with Gasteiger partial charge >= 0.3 is 0 Å². The summed E-state index contributed by atoms with van der Waals surface area (Å²) in [6, 6.07) is 8.15. The van der Waals surface area contributed by atoms with Crippen molar-refractivity contribution in [3.63, 3.8) is 0 Å². The van der Waals surface area contributed by atoms with E-state index in [1.165, 1.54) is 31.6 Å². The summed E-state index contributed by atoms with van der Waals surface area (Å²) in [6.07, 6.45) is 5.85. The Morgan fingerprint density at radius 3 is 2.85 bits per heavy atom. The number of nitrogens with zero attached hydrogens (tertiary/aromatic N) is 3. The molecule has 0 aliphatic carbocycles. The number of halogens is 2. The average Bonchev–Trinajstić information content (AvgIpc) is 2.81. The Morgan fingerprint density at radius 1 is 1.29 bits per heavy atom. The molecule has 4 rings (SSSR count). The van der Waals surface area contributed by atoms with Crippen LogP contribution in [0.2, 0.25) is 5.02 Å². The molecule has 1 aliphatic heterocycles. The van der Waals surface area contributed by atoms with Gasteiger partial charge in [-0.1, -0.05) is 17.7 Å². The van der Waals surface area contributed by atoms with Crippen LogP contribution < -0.4 is 15.4 Å². The van der Waals surface area contributed by atoms with Gasteiger partial charge in [0.2, 0.25) is 5.91 Å². The number of ether oxygens (including phenoxy) is 2. The minimum Gasteiger partial charge on any atom is -0.494 e. The smallest absolute Gasteiger partial charge is 0.248 e. The highest BCUT2D eigenvalue weighted by atomic mass is 35.5. The van der Waals surface area contributed by atoms with E-state index in [1.54, 1.807) is 25.3 Å². The van der Waals surface area contributed by atoms with Crippen molar-refractivity contribution in [2.45, 2.75) is 12.5 Å². The van der Waals surface area contributed by atoms with Crippen LogP contribution in [0.25, 0.3) is 10.9 Å². The third kappa shape index (κ3) is 5.44. The molecule has 1 fully saturated rings. The number of carbonyl (C=O) groups is 1. The summed E-state index contributed by atoms with van der Waals surface area (Å²) in [5, 5.41) is 6.62. The molecule has 2 N–H and O–H groups in total. The molecular weight excluding hydrogens is 461 g/mol. The Balaban J connectivity index is 1.52. The zero-order valence-electron chi connectivity index (χ0n) is 18.8. The van der Waals surface area contributed by atoms with Crippen molar-refractivity contribution >= 4 is 45.6 Å². The zero-order valence-corrected chi connectivity index (χ0v) is 19.6. The van der Waals surface area contributed by atoms with Gasteiger partial charge in [-0.25, -0.2) is 14.4 Å². The third-order valence-corrected chi connectivity index (χ3v) is 5.92. The summed E-state index contributed by atoms with van der Waals surface area (Å²) in [5.41, 5.74) is 1.65. The van der Waals surface area contributed by atoms with E-state index >= 15 is 0 Å². The van der Waals surface area contributed by atoms with Crippen LogP contribution in [0, 0.1) is 5.82 Å². The van der Waals surface area contributed by atoms with Gasteiger partial charge in [0.15, 0.2) is 0 Å². The lowest BCUT2D eigenvalue weighted by molar-refractivity contribution is -0.111. The van der Waals surface area contributed by atoms with Crippen LogP contribution in [0.15, 0.2) is 48.8 Å². The number of anilines is 3. The number of methoxy groups -OCH3 is 2. The summed E-state index contributed by atoms with van der Waals surface area (Å²) in [6.45, 7) is 2.36. The zero-order chi connectivity index (χ0) is 24.1. The summed E-state index contributed by atoms with van der Waals surface area (Å²) in [4.78, 5) is 23.4. The van der Waals surface area contributed by atoms with Crippen molar-refractivity contribution < 1.29 is 18.7 Å². The van der Waals surface area contributed by atoms with Crippen molar-refractivity contribution in [3.05, 3.63) is 59.7 Å². The molecule has 0 radical (unpaired) electrons. The van der Waals surface area contributed by atoms with E-state index in [1.807, 2.05) is 6.08 Å². The fourth-order valence-corrected chi connectivity index (χ4v) is 3.93. The van der Waals surface area contributed by atoms with Gasteiger partial charge in [0.25, 0.3) is 0 Å². The molecule has 0 saturated carbocycles. The summed E-state index contributed by atoms with van der Waals surface area (Å²) >= 11 is 5.89. The predicted octanol–water partition coefficient (Wildman–Crippen LogP) is 4.39. The van der Waals surface area contributed by atoms with Gasteiger partial charge in [-0.3, -0.25) is 9.69 Å². The minimum absolute atomic E-state index is 0.00321. The Kier molecular flexibility index (Phi) is 7.56. The SMILES string of the molecule is COCC1CCN1C/C=C/C(=O)Nc1cc2c(Nc3ccc(F)c(Cl)c3)ncnc2cc1OC. The monoisotopic (exact) mass is 485 g/mol. The van der Waals surface area contributed by atoms with E-state index in [-0.39, 0.29) is 10.9 Å². The summed E-state index contributed by atoms with van der Waals surface area (Å²) in [7, 11) is 3.21. The van der Waals surface area contributed by atoms with E-state index in [0.29, 0.717) is 53.0 Å². The van der Waals surface area contributed by atoms with Gasteiger partial charge in [0.1, 0.15) is 23.7 Å². The fraction of sp³-hybridized carbons (Fsp3) is 0.292. The highest BCUT2D eigenvalue weighted by Gasteiger charge is 2.26. The van der Waals surface area contributed by atoms with Gasteiger partial charge < -0.3 is 20.1 Å². The van der Waals surface area contributed by atoms with Crippen LogP contribution in [-0.4, -0.2) is 60.7 Å². The van der Waals surface area contributed by atoms with Crippen molar-refractivity contribution in [2.24, 2.45) is 0 Å². The topological polar surface area (TPSA) is 88.6 Å². The average molecular weight is 486 g/mol. The van der Waals surface area contributed by atoms with Gasteiger partial charge in [-0.2, -0.15) is 0 Å². The normalized spacial score (nSPS) is 15.9. The van der Waals surface area contributed by atoms with E-state index in [2.05, 4.69) is 25.5 Å². The molecule has 10 heteroatoms. The standard InChI is InChI=1S/C24H25ClFN5O3/c1-33-13-16-7-9-31(16)8-3-4-23(32)30-21-11-17-20(12-22(21)34-2)27-14-28-24(17)29-15-5-6-19(26)18(25)10-15/h3-6,10-12,14,16H,7-9,13H2,1-2H3,(H,30,32)(H,27,28,29)/b4-3+. The van der Waals surface area contributed by atoms with Gasteiger partial charge in [0.05, 0.1) is 29.9 Å². The molecule has 2 heterocycles. The second kappa shape index (κ2) is 10.8. The first-order valence-electron chi connectivity index (χ1n) is 10.7. The number of nitrogens with one attached hydrogen (secondary N) is 2. The number of fused-ring (bicyclic) bond motifs is 1. The molecule has 3 aromatic rings. The first-order chi connectivity index (χ1) is 16.5. The molecule has 1 amide bonds. The fourth-order valence-electron chi connectivity index (χ4n) is 3.75. The number of likely N-dealkylation sites (tertiary alicyclic amines) is 1. The summed E-state index contributed by atoms with van der Waals surface area (Å²) < 4.78 is 24.2. The second-order valence-corrected chi connectivity index (χ2v) is 8.24. The second-order valence-electron chi connectivity index (χ2n) is 7.83. The molecule has 2 aromatic carbocycles. The number of rotatable bonds is 9. The number of hydrogen-bond donors (Lipinski definition) is 2. The van der Waals surface area contributed by atoms with Crippen LogP contribution in [0.5, 0.6) is 5.75 Å². The van der Waals surface area contributed by atoms with E-state index in [9.17, 15) is 9.18 Å². The molecule has 0 spiro atoms. The van der Waals surface area contributed by atoms with Crippen LogP contribution in [0.1, 0.15) is 6.42 Å². The highest BCUT2D eigenvalue weighted by molar-refractivity contribution is 6.31. The lowest BCUT2D eigenvalue weighted by atomic mass is 10.0. The third-order valence-electron chi connectivity index (χ3n) is 5.63. The largest absolute Gasteiger partial charge is 0.494 e. The first kappa shape index (κ1) is 23.9. The Bertz CT molecular complexity index is 1220. The van der Waals surface area contributed by atoms with Crippen LogP contribution >= 0.6 is 11.6 Å². The lowest BCUT2D eigenvalue weighted by Gasteiger charge is -2.39. The molecule has 8 nitrogen and oxygen atoms in total. The predicted molar refractivity (Wildman–Crippen MR) is 130 cm³/mol. The van der Waals surface area contributed by atoms with Gasteiger partial charge in [-0.15, -0.1) is 0 Å². The minimum atomic E-state index is -0.508. The number of amides is 1. The Morgan fingerprint density at radius 2 is 2.15 bits per heavy atom. The molecule has 1 atom stereocenters.